The van der Waals surface area contributed by atoms with Gasteiger partial charge in [-0.05, 0) is 0 Å². The average Bonchev–Trinajstić information content (AvgIpc) is 2.43. The van der Waals surface area contributed by atoms with Gasteiger partial charge in [0.05, 0.1) is 6.61 Å². The van der Waals surface area contributed by atoms with Crippen LogP contribution in [0, 0.1) is 0 Å². The summed E-state index contributed by atoms with van der Waals surface area (Å²) >= 11 is 0. The first-order chi connectivity index (χ1) is 5.20. The lowest BCUT2D eigenvalue weighted by atomic mass is 10.1. The molecule has 2 aliphatic heterocycles. The van der Waals surface area contributed by atoms with Gasteiger partial charge in [0, 0.05) is 0 Å². The van der Waals surface area contributed by atoms with E-state index in [-0.39, 0.29) is 6.61 Å². The second-order valence-corrected chi connectivity index (χ2v) is 2.71. The number of esters is 1. The summed E-state index contributed by atoms with van der Waals surface area (Å²) in [5, 5.41) is 18.2. The van der Waals surface area contributed by atoms with Gasteiger partial charge in [-0.15, -0.1) is 0 Å². The van der Waals surface area contributed by atoms with E-state index in [1.807, 2.05) is 0 Å². The second-order valence-electron chi connectivity index (χ2n) is 2.71. The fourth-order valence-electron chi connectivity index (χ4n) is 1.37. The van der Waals surface area contributed by atoms with Gasteiger partial charge >= 0.3 is 5.97 Å². The minimum absolute atomic E-state index is 0.125. The maximum Gasteiger partial charge on any atom is 0.338 e. The molecule has 0 amide bonds. The second kappa shape index (κ2) is 2.17. The van der Waals surface area contributed by atoms with E-state index in [1.165, 1.54) is 0 Å². The Hall–Kier alpha value is -0.650. The lowest BCUT2D eigenvalue weighted by Crippen LogP contribution is -2.31. The van der Waals surface area contributed by atoms with E-state index >= 15 is 0 Å². The van der Waals surface area contributed by atoms with E-state index in [0.29, 0.717) is 0 Å². The van der Waals surface area contributed by atoms with Gasteiger partial charge in [-0.25, -0.2) is 4.79 Å². The molecule has 4 unspecified atom stereocenters. The molecule has 2 heterocycles. The highest BCUT2D eigenvalue weighted by atomic mass is 16.6. The Morgan fingerprint density at radius 1 is 1.36 bits per heavy atom. The molecule has 2 saturated heterocycles. The molecule has 11 heavy (non-hydrogen) atoms. The van der Waals surface area contributed by atoms with Crippen LogP contribution in [0.5, 0.6) is 0 Å². The summed E-state index contributed by atoms with van der Waals surface area (Å²) in [7, 11) is 0. The van der Waals surface area contributed by atoms with E-state index in [0.717, 1.165) is 0 Å². The zero-order valence-electron chi connectivity index (χ0n) is 5.64. The van der Waals surface area contributed by atoms with Crippen LogP contribution in [0.25, 0.3) is 0 Å². The predicted molar refractivity (Wildman–Crippen MR) is 31.6 cm³/mol. The molecule has 0 aromatic carbocycles. The van der Waals surface area contributed by atoms with Gasteiger partial charge in [-0.2, -0.15) is 0 Å². The zero-order chi connectivity index (χ0) is 8.01. The molecule has 0 aromatic heterocycles. The summed E-state index contributed by atoms with van der Waals surface area (Å²) in [6.45, 7) is 0.125. The van der Waals surface area contributed by atoms with Crippen molar-refractivity contribution < 1.29 is 24.5 Å². The molecule has 0 aliphatic carbocycles. The third-order valence-corrected chi connectivity index (χ3v) is 1.97. The summed E-state index contributed by atoms with van der Waals surface area (Å²) in [4.78, 5) is 10.7. The van der Waals surface area contributed by atoms with Crippen LogP contribution in [0.4, 0.5) is 0 Å². The number of hydrogen-bond acceptors (Lipinski definition) is 5. The predicted octanol–water partition coefficient (Wildman–Crippen LogP) is -1.97. The molecule has 62 valence electrons. The number of rotatable bonds is 0. The molecule has 2 fully saturated rings. The highest BCUT2D eigenvalue weighted by Gasteiger charge is 2.52. The summed E-state index contributed by atoms with van der Waals surface area (Å²) < 4.78 is 9.57. The largest absolute Gasteiger partial charge is 0.455 e. The molecule has 0 spiro atoms. The Morgan fingerprint density at radius 2 is 2.09 bits per heavy atom. The summed E-state index contributed by atoms with van der Waals surface area (Å²) in [6, 6.07) is 0. The van der Waals surface area contributed by atoms with Gasteiger partial charge in [0.1, 0.15) is 12.2 Å². The van der Waals surface area contributed by atoms with Crippen LogP contribution in [0.2, 0.25) is 0 Å². The summed E-state index contributed by atoms with van der Waals surface area (Å²) in [6.07, 6.45) is -3.35. The van der Waals surface area contributed by atoms with Crippen molar-refractivity contribution in [3.05, 3.63) is 0 Å². The molecule has 5 nitrogen and oxygen atoms in total. The maximum atomic E-state index is 10.7. The van der Waals surface area contributed by atoms with Crippen molar-refractivity contribution in [3.63, 3.8) is 0 Å². The monoisotopic (exact) mass is 160 g/mol. The number of carbonyl (C=O) groups excluding carboxylic acids is 1. The van der Waals surface area contributed by atoms with Gasteiger partial charge < -0.3 is 19.7 Å². The number of carbonyl (C=O) groups is 1. The van der Waals surface area contributed by atoms with Gasteiger partial charge in [0.15, 0.2) is 12.2 Å². The Morgan fingerprint density at radius 3 is 2.73 bits per heavy atom. The molecule has 5 heteroatoms. The number of ether oxygens (including phenoxy) is 2. The van der Waals surface area contributed by atoms with Crippen LogP contribution < -0.4 is 0 Å². The number of fused-ring (bicyclic) bond motifs is 1. The molecular formula is C6H8O5. The van der Waals surface area contributed by atoms with Gasteiger partial charge in [0.2, 0.25) is 0 Å². The van der Waals surface area contributed by atoms with Crippen molar-refractivity contribution in [1.82, 2.24) is 0 Å². The van der Waals surface area contributed by atoms with Crippen LogP contribution >= 0.6 is 0 Å². The quantitative estimate of drug-likeness (QED) is 0.402. The highest BCUT2D eigenvalue weighted by molar-refractivity contribution is 5.78. The molecule has 2 aliphatic rings. The average molecular weight is 160 g/mol. The van der Waals surface area contributed by atoms with Crippen molar-refractivity contribution >= 4 is 5.97 Å². The standard InChI is InChI=1S/C6H8O5/c7-2-1-10-5-3(8)6(9)11-4(2)5/h2-5,7-8H,1H2. The zero-order valence-corrected chi connectivity index (χ0v) is 5.64. The normalized spacial score (nSPS) is 49.1. The number of hydrogen-bond donors (Lipinski definition) is 2. The first-order valence-electron chi connectivity index (χ1n) is 3.38. The topological polar surface area (TPSA) is 76.0 Å². The maximum absolute atomic E-state index is 10.7. The van der Waals surface area contributed by atoms with E-state index in [1.54, 1.807) is 0 Å². The molecule has 2 rings (SSSR count). The van der Waals surface area contributed by atoms with Crippen molar-refractivity contribution in [3.8, 4) is 0 Å². The van der Waals surface area contributed by atoms with Crippen molar-refractivity contribution in [2.24, 2.45) is 0 Å². The molecular weight excluding hydrogens is 152 g/mol. The van der Waals surface area contributed by atoms with Crippen LogP contribution in [0.3, 0.4) is 0 Å². The smallest absolute Gasteiger partial charge is 0.338 e. The van der Waals surface area contributed by atoms with Gasteiger partial charge in [-0.3, -0.25) is 0 Å². The fourth-order valence-corrected chi connectivity index (χ4v) is 1.37. The van der Waals surface area contributed by atoms with Crippen LogP contribution in [0.15, 0.2) is 0 Å². The van der Waals surface area contributed by atoms with Crippen molar-refractivity contribution in [2.45, 2.75) is 24.4 Å². The van der Waals surface area contributed by atoms with Crippen molar-refractivity contribution in [2.75, 3.05) is 6.61 Å². The van der Waals surface area contributed by atoms with E-state index in [9.17, 15) is 4.79 Å². The van der Waals surface area contributed by atoms with E-state index in [4.69, 9.17) is 14.9 Å². The van der Waals surface area contributed by atoms with Crippen LogP contribution in [-0.4, -0.2) is 47.2 Å². The first kappa shape index (κ1) is 7.02. The molecule has 2 N–H and O–H groups in total. The number of aliphatic hydroxyl groups is 2. The third-order valence-electron chi connectivity index (χ3n) is 1.97. The number of aliphatic hydroxyl groups excluding tert-OH is 2. The molecule has 0 bridgehead atoms. The van der Waals surface area contributed by atoms with Gasteiger partial charge in [-0.1, -0.05) is 0 Å². The molecule has 0 aromatic rings. The third kappa shape index (κ3) is 0.852. The molecule has 4 atom stereocenters. The van der Waals surface area contributed by atoms with Crippen LogP contribution in [0.1, 0.15) is 0 Å². The van der Waals surface area contributed by atoms with E-state index in [2.05, 4.69) is 4.74 Å². The lowest BCUT2D eigenvalue weighted by molar-refractivity contribution is -0.151. The van der Waals surface area contributed by atoms with Gasteiger partial charge in [0.25, 0.3) is 0 Å². The molecule has 0 radical (unpaired) electrons. The molecule has 0 saturated carbocycles. The van der Waals surface area contributed by atoms with Crippen LogP contribution in [-0.2, 0) is 14.3 Å². The SMILES string of the molecule is O=C1OC2C(O)COC2C1O. The van der Waals surface area contributed by atoms with E-state index < -0.39 is 30.4 Å². The highest BCUT2D eigenvalue weighted by Crippen LogP contribution is 2.27. The minimum Gasteiger partial charge on any atom is -0.455 e. The first-order valence-corrected chi connectivity index (χ1v) is 3.38. The Labute approximate surface area is 62.5 Å². The Balaban J connectivity index is 2.18. The van der Waals surface area contributed by atoms with Crippen molar-refractivity contribution in [1.29, 1.82) is 0 Å². The Bertz CT molecular complexity index is 191. The summed E-state index contributed by atoms with van der Waals surface area (Å²) in [5.74, 6) is -0.709. The lowest BCUT2D eigenvalue weighted by Gasteiger charge is -2.07. The summed E-state index contributed by atoms with van der Waals surface area (Å²) in [5.41, 5.74) is 0. The Kier molecular flexibility index (Phi) is 1.38. The minimum atomic E-state index is -1.22. The fraction of sp³-hybridized carbons (Fsp3) is 0.833.